The van der Waals surface area contributed by atoms with Crippen molar-refractivity contribution in [1.29, 1.82) is 0 Å². The molecule has 4 rings (SSSR count). The molecular weight excluding hydrogens is 528 g/mol. The van der Waals surface area contributed by atoms with E-state index in [0.717, 1.165) is 0 Å². The summed E-state index contributed by atoms with van der Waals surface area (Å²) in [6.45, 7) is 5.85. The topological polar surface area (TPSA) is 110 Å². The molecule has 1 fully saturated rings. The molecular formula is C30H38N4O7. The van der Waals surface area contributed by atoms with Crippen LogP contribution in [0.1, 0.15) is 35.8 Å². The number of rotatable bonds is 9. The van der Waals surface area contributed by atoms with Crippen molar-refractivity contribution in [2.75, 3.05) is 61.2 Å². The molecule has 2 aromatic rings. The monoisotopic (exact) mass is 566 g/mol. The predicted octanol–water partition coefficient (Wildman–Crippen LogP) is 3.07. The van der Waals surface area contributed by atoms with Crippen molar-refractivity contribution in [2.24, 2.45) is 0 Å². The minimum absolute atomic E-state index is 0.0504. The third kappa shape index (κ3) is 6.09. The van der Waals surface area contributed by atoms with Crippen LogP contribution in [0.5, 0.6) is 17.2 Å². The number of nitrogens with one attached hydrogen (secondary N) is 1. The maximum atomic E-state index is 13.4. The first-order chi connectivity index (χ1) is 19.7. The molecule has 2 aromatic carbocycles. The summed E-state index contributed by atoms with van der Waals surface area (Å²) in [6, 6.07) is 11.1. The van der Waals surface area contributed by atoms with Gasteiger partial charge in [0.2, 0.25) is 0 Å². The molecule has 0 aliphatic carbocycles. The van der Waals surface area contributed by atoms with Crippen molar-refractivity contribution in [3.05, 3.63) is 64.9 Å². The van der Waals surface area contributed by atoms with E-state index in [1.54, 1.807) is 63.5 Å². The highest BCUT2D eigenvalue weighted by Crippen LogP contribution is 2.40. The predicted molar refractivity (Wildman–Crippen MR) is 152 cm³/mol. The lowest BCUT2D eigenvalue weighted by atomic mass is 9.93. The van der Waals surface area contributed by atoms with Gasteiger partial charge in [-0.3, -0.25) is 14.6 Å². The molecule has 2 aliphatic rings. The Balaban J connectivity index is 1.63. The number of carbonyl (C=O) groups is 3. The molecule has 1 saturated heterocycles. The fourth-order valence-corrected chi connectivity index (χ4v) is 5.36. The Morgan fingerprint density at radius 1 is 1.00 bits per heavy atom. The zero-order valence-corrected chi connectivity index (χ0v) is 24.4. The van der Waals surface area contributed by atoms with Gasteiger partial charge in [-0.25, -0.2) is 9.59 Å². The van der Waals surface area contributed by atoms with Crippen molar-refractivity contribution in [3.63, 3.8) is 0 Å². The molecule has 11 heteroatoms. The number of urea groups is 1. The van der Waals surface area contributed by atoms with Crippen LogP contribution in [-0.2, 0) is 9.53 Å². The Bertz CT molecular complexity index is 1310. The van der Waals surface area contributed by atoms with Crippen molar-refractivity contribution in [3.8, 4) is 17.2 Å². The van der Waals surface area contributed by atoms with Gasteiger partial charge in [0.1, 0.15) is 5.75 Å². The largest absolute Gasteiger partial charge is 0.497 e. The van der Waals surface area contributed by atoms with Gasteiger partial charge >= 0.3 is 12.0 Å². The Morgan fingerprint density at radius 2 is 1.73 bits per heavy atom. The Morgan fingerprint density at radius 3 is 2.34 bits per heavy atom. The quantitative estimate of drug-likeness (QED) is 0.462. The van der Waals surface area contributed by atoms with Gasteiger partial charge in [0.05, 0.1) is 39.6 Å². The van der Waals surface area contributed by atoms with Crippen LogP contribution in [0.25, 0.3) is 0 Å². The smallest absolute Gasteiger partial charge is 0.338 e. The van der Waals surface area contributed by atoms with Crippen molar-refractivity contribution >= 4 is 17.9 Å². The maximum Gasteiger partial charge on any atom is 0.338 e. The summed E-state index contributed by atoms with van der Waals surface area (Å²) < 4.78 is 21.8. The molecule has 0 radical (unpaired) electrons. The number of piperazine rings is 1. The number of esters is 1. The number of methoxy groups -OCH3 is 3. The molecule has 2 aliphatic heterocycles. The fourth-order valence-electron chi connectivity index (χ4n) is 5.36. The summed E-state index contributed by atoms with van der Waals surface area (Å²) in [5.74, 6) is 1.02. The van der Waals surface area contributed by atoms with Gasteiger partial charge in [-0.15, -0.1) is 0 Å². The Kier molecular flexibility index (Phi) is 9.38. The molecule has 0 aromatic heterocycles. The number of benzene rings is 2. The van der Waals surface area contributed by atoms with E-state index < -0.39 is 12.0 Å². The lowest BCUT2D eigenvalue weighted by Gasteiger charge is -2.42. The van der Waals surface area contributed by atoms with Gasteiger partial charge in [0, 0.05) is 56.1 Å². The van der Waals surface area contributed by atoms with E-state index in [2.05, 4.69) is 10.2 Å². The molecule has 0 spiro atoms. The lowest BCUT2D eigenvalue weighted by Crippen LogP contribution is -2.56. The second kappa shape index (κ2) is 12.9. The van der Waals surface area contributed by atoms with E-state index in [1.807, 2.05) is 11.8 Å². The molecule has 0 bridgehead atoms. The molecule has 2 heterocycles. The molecule has 220 valence electrons. The average Bonchev–Trinajstić information content (AvgIpc) is 2.98. The number of nitrogens with zero attached hydrogens (tertiary/aromatic N) is 3. The third-order valence-electron chi connectivity index (χ3n) is 7.50. The van der Waals surface area contributed by atoms with E-state index >= 15 is 0 Å². The first kappa shape index (κ1) is 29.7. The maximum absolute atomic E-state index is 13.4. The van der Waals surface area contributed by atoms with Gasteiger partial charge in [0.15, 0.2) is 11.5 Å². The van der Waals surface area contributed by atoms with Gasteiger partial charge in [-0.05, 0) is 44.2 Å². The number of amides is 3. The van der Waals surface area contributed by atoms with Crippen molar-refractivity contribution in [2.45, 2.75) is 25.9 Å². The third-order valence-corrected chi connectivity index (χ3v) is 7.50. The lowest BCUT2D eigenvalue weighted by molar-refractivity contribution is -0.139. The van der Waals surface area contributed by atoms with Crippen LogP contribution in [0, 0.1) is 0 Å². The summed E-state index contributed by atoms with van der Waals surface area (Å²) in [5.41, 5.74) is 2.03. The van der Waals surface area contributed by atoms with Gasteiger partial charge in [-0.2, -0.15) is 0 Å². The van der Waals surface area contributed by atoms with Crippen molar-refractivity contribution < 1.29 is 33.3 Å². The summed E-state index contributed by atoms with van der Waals surface area (Å²) >= 11 is 0. The summed E-state index contributed by atoms with van der Waals surface area (Å²) in [7, 11) is 6.27. The zero-order chi connectivity index (χ0) is 29.7. The SMILES string of the molecule is CCOC(=O)C1=C(CN2CCN(C(=O)c3ccc(OC)cc3)[C@H](C)C2)N(C)C(=O)N[C@@H]1c1cccc(OC)c1OC. The molecule has 3 amide bonds. The molecule has 11 nitrogen and oxygen atoms in total. The summed E-state index contributed by atoms with van der Waals surface area (Å²) in [4.78, 5) is 45.3. The number of para-hydroxylation sites is 1. The van der Waals surface area contributed by atoms with Crippen LogP contribution in [-0.4, -0.2) is 99.8 Å². The Hall–Kier alpha value is -4.25. The van der Waals surface area contributed by atoms with Crippen LogP contribution in [0.3, 0.4) is 0 Å². The summed E-state index contributed by atoms with van der Waals surface area (Å²) in [5, 5.41) is 2.93. The fraction of sp³-hybridized carbons (Fsp3) is 0.433. The summed E-state index contributed by atoms with van der Waals surface area (Å²) in [6.07, 6.45) is 0. The van der Waals surface area contributed by atoms with Gasteiger partial charge < -0.3 is 29.2 Å². The van der Waals surface area contributed by atoms with Crippen molar-refractivity contribution in [1.82, 2.24) is 20.0 Å². The standard InChI is InChI=1S/C30H38N4O7/c1-7-41-29(36)25-23(32(3)30(37)31-26(25)22-9-8-10-24(39-5)27(22)40-6)18-33-15-16-34(19(2)17-33)28(35)20-11-13-21(38-4)14-12-20/h8-14,19,26H,7,15-18H2,1-6H3,(H,31,37)/t19-,26-/m1/s1. The first-order valence-corrected chi connectivity index (χ1v) is 13.6. The van der Waals surface area contributed by atoms with Gasteiger partial charge in [-0.1, -0.05) is 12.1 Å². The highest BCUT2D eigenvalue weighted by molar-refractivity contribution is 5.96. The van der Waals surface area contributed by atoms with E-state index in [0.29, 0.717) is 65.8 Å². The minimum Gasteiger partial charge on any atom is -0.497 e. The highest BCUT2D eigenvalue weighted by atomic mass is 16.5. The van der Waals surface area contributed by atoms with Crippen LogP contribution in [0.4, 0.5) is 4.79 Å². The Labute approximate surface area is 240 Å². The van der Waals surface area contributed by atoms with E-state index in [-0.39, 0.29) is 24.6 Å². The number of hydrogen-bond acceptors (Lipinski definition) is 8. The van der Waals surface area contributed by atoms with Crippen LogP contribution >= 0.6 is 0 Å². The first-order valence-electron chi connectivity index (χ1n) is 13.6. The number of likely N-dealkylation sites (N-methyl/N-ethyl adjacent to an activating group) is 1. The second-order valence-corrected chi connectivity index (χ2v) is 9.92. The number of hydrogen-bond donors (Lipinski definition) is 1. The van der Waals surface area contributed by atoms with Crippen LogP contribution in [0.2, 0.25) is 0 Å². The zero-order valence-electron chi connectivity index (χ0n) is 24.4. The second-order valence-electron chi connectivity index (χ2n) is 9.92. The van der Waals surface area contributed by atoms with E-state index in [4.69, 9.17) is 18.9 Å². The molecule has 2 atom stereocenters. The number of carbonyl (C=O) groups excluding carboxylic acids is 3. The highest BCUT2D eigenvalue weighted by Gasteiger charge is 2.40. The molecule has 0 saturated carbocycles. The molecule has 1 N–H and O–H groups in total. The normalized spacial score (nSPS) is 19.5. The van der Waals surface area contributed by atoms with Gasteiger partial charge in [0.25, 0.3) is 5.91 Å². The number of ether oxygens (including phenoxy) is 4. The average molecular weight is 567 g/mol. The van der Waals surface area contributed by atoms with E-state index in [1.165, 1.54) is 19.1 Å². The molecule has 41 heavy (non-hydrogen) atoms. The van der Waals surface area contributed by atoms with Crippen LogP contribution in [0.15, 0.2) is 53.7 Å². The van der Waals surface area contributed by atoms with Crippen LogP contribution < -0.4 is 19.5 Å². The minimum atomic E-state index is -0.812. The van der Waals surface area contributed by atoms with E-state index in [9.17, 15) is 14.4 Å². The molecule has 0 unspecified atom stereocenters.